The first kappa shape index (κ1) is 18.4. The second-order valence-electron chi connectivity index (χ2n) is 10.1. The van der Waals surface area contributed by atoms with Crippen molar-refractivity contribution in [3.8, 4) is 0 Å². The molecular formula is C22H32O4. The van der Waals surface area contributed by atoms with Crippen molar-refractivity contribution in [1.29, 1.82) is 0 Å². The predicted molar refractivity (Wildman–Crippen MR) is 98.0 cm³/mol. The molecule has 2 N–H and O–H groups in total. The summed E-state index contributed by atoms with van der Waals surface area (Å²) in [5, 5.41) is 21.7. The third-order valence-electron chi connectivity index (χ3n) is 8.96. The number of ketones is 2. The van der Waals surface area contributed by atoms with Gasteiger partial charge in [-0.05, 0) is 74.2 Å². The summed E-state index contributed by atoms with van der Waals surface area (Å²) in [6.07, 6.45) is 6.15. The molecule has 0 amide bonds. The lowest BCUT2D eigenvalue weighted by atomic mass is 9.45. The van der Waals surface area contributed by atoms with E-state index in [0.717, 1.165) is 37.7 Å². The van der Waals surface area contributed by atoms with Crippen LogP contribution < -0.4 is 0 Å². The van der Waals surface area contributed by atoms with Gasteiger partial charge in [-0.25, -0.2) is 0 Å². The zero-order chi connectivity index (χ0) is 19.1. The van der Waals surface area contributed by atoms with E-state index >= 15 is 0 Å². The normalized spacial score (nSPS) is 49.7. The quantitative estimate of drug-likeness (QED) is 0.704. The fourth-order valence-electron chi connectivity index (χ4n) is 7.90. The van der Waals surface area contributed by atoms with E-state index < -0.39 is 11.2 Å². The maximum atomic E-state index is 12.4. The van der Waals surface area contributed by atoms with Crippen LogP contribution in [0.25, 0.3) is 0 Å². The Morgan fingerprint density at radius 1 is 1.19 bits per heavy atom. The molecule has 4 nitrogen and oxygen atoms in total. The number of carbonyl (C=O) groups excluding carboxylic acids is 2. The molecule has 4 rings (SSSR count). The fraction of sp³-hybridized carbons (Fsp3) is 0.818. The van der Waals surface area contributed by atoms with E-state index in [0.29, 0.717) is 23.5 Å². The number of carbonyl (C=O) groups is 2. The monoisotopic (exact) mass is 360 g/mol. The van der Waals surface area contributed by atoms with Gasteiger partial charge in [0.25, 0.3) is 0 Å². The lowest BCUT2D eigenvalue weighted by Crippen LogP contribution is -2.61. The average Bonchev–Trinajstić information content (AvgIpc) is 2.78. The number of hydrogen-bond acceptors (Lipinski definition) is 4. The van der Waals surface area contributed by atoms with Gasteiger partial charge in [-0.3, -0.25) is 9.59 Å². The molecule has 4 aliphatic carbocycles. The molecule has 0 saturated heterocycles. The van der Waals surface area contributed by atoms with Crippen LogP contribution in [0, 0.1) is 40.4 Å². The van der Waals surface area contributed by atoms with Crippen LogP contribution >= 0.6 is 0 Å². The fourth-order valence-corrected chi connectivity index (χ4v) is 7.90. The topological polar surface area (TPSA) is 74.6 Å². The summed E-state index contributed by atoms with van der Waals surface area (Å²) in [5.74, 6) is -0.285. The first-order chi connectivity index (χ1) is 12.0. The lowest BCUT2D eigenvalue weighted by Gasteiger charge is -2.60. The summed E-state index contributed by atoms with van der Waals surface area (Å²) >= 11 is 0. The zero-order valence-electron chi connectivity index (χ0n) is 16.4. The molecule has 0 aliphatic heterocycles. The Kier molecular flexibility index (Phi) is 3.89. The van der Waals surface area contributed by atoms with Crippen LogP contribution in [0.3, 0.4) is 0 Å². The molecule has 0 aromatic rings. The third kappa shape index (κ3) is 2.15. The molecule has 0 radical (unpaired) electrons. The Hall–Kier alpha value is -1.00. The maximum Gasteiger partial charge on any atom is 0.179 e. The lowest BCUT2D eigenvalue weighted by molar-refractivity contribution is -0.263. The number of hydrogen-bond donors (Lipinski definition) is 2. The molecule has 0 aromatic carbocycles. The van der Waals surface area contributed by atoms with E-state index in [9.17, 15) is 19.8 Å². The Bertz CT molecular complexity index is 692. The summed E-state index contributed by atoms with van der Waals surface area (Å²) in [6, 6.07) is 0. The molecule has 0 aromatic heterocycles. The number of aliphatic hydroxyl groups is 2. The molecule has 3 saturated carbocycles. The molecule has 4 aliphatic rings. The number of rotatable bonds is 1. The van der Waals surface area contributed by atoms with Crippen LogP contribution in [-0.2, 0) is 9.59 Å². The Morgan fingerprint density at radius 3 is 2.54 bits per heavy atom. The van der Waals surface area contributed by atoms with Crippen molar-refractivity contribution >= 4 is 11.6 Å². The van der Waals surface area contributed by atoms with Crippen molar-refractivity contribution in [2.24, 2.45) is 40.4 Å². The molecular weight excluding hydrogens is 328 g/mol. The van der Waals surface area contributed by atoms with E-state index in [1.807, 2.05) is 6.92 Å². The molecule has 0 spiro atoms. The minimum absolute atomic E-state index is 0.0298. The second kappa shape index (κ2) is 5.51. The van der Waals surface area contributed by atoms with Gasteiger partial charge >= 0.3 is 0 Å². The van der Waals surface area contributed by atoms with Crippen LogP contribution in [0.5, 0.6) is 0 Å². The SMILES string of the molecule is CC(=O)[C@@H]1[C@@H](C)C[C@H]2[C@@H]3CCC4=CC(=O)CC(O)(O)[C@]4(C)[C@H]3CC[C@]12C. The largest absolute Gasteiger partial charge is 0.365 e. The van der Waals surface area contributed by atoms with Crippen molar-refractivity contribution in [1.82, 2.24) is 0 Å². The highest BCUT2D eigenvalue weighted by Gasteiger charge is 2.65. The molecule has 4 heteroatoms. The summed E-state index contributed by atoms with van der Waals surface area (Å²) < 4.78 is 0. The van der Waals surface area contributed by atoms with Gasteiger partial charge in [-0.15, -0.1) is 0 Å². The molecule has 26 heavy (non-hydrogen) atoms. The first-order valence-electron chi connectivity index (χ1n) is 10.2. The summed E-state index contributed by atoms with van der Waals surface area (Å²) in [7, 11) is 0. The maximum absolute atomic E-state index is 12.4. The average molecular weight is 360 g/mol. The van der Waals surface area contributed by atoms with E-state index in [4.69, 9.17) is 0 Å². The predicted octanol–water partition coefficient (Wildman–Crippen LogP) is 3.26. The van der Waals surface area contributed by atoms with E-state index in [-0.39, 0.29) is 29.5 Å². The van der Waals surface area contributed by atoms with Gasteiger partial charge in [-0.1, -0.05) is 26.3 Å². The highest BCUT2D eigenvalue weighted by molar-refractivity contribution is 5.92. The van der Waals surface area contributed by atoms with Crippen molar-refractivity contribution in [2.45, 2.75) is 72.0 Å². The Labute approximate surface area is 156 Å². The van der Waals surface area contributed by atoms with Gasteiger partial charge in [0.1, 0.15) is 5.78 Å². The van der Waals surface area contributed by atoms with Crippen LogP contribution in [0.2, 0.25) is 0 Å². The smallest absolute Gasteiger partial charge is 0.179 e. The van der Waals surface area contributed by atoms with Crippen molar-refractivity contribution < 1.29 is 19.8 Å². The summed E-state index contributed by atoms with van der Waals surface area (Å²) in [5.41, 5.74) is 0.211. The van der Waals surface area contributed by atoms with Crippen molar-refractivity contribution in [3.63, 3.8) is 0 Å². The number of fused-ring (bicyclic) bond motifs is 5. The first-order valence-corrected chi connectivity index (χ1v) is 10.2. The molecule has 0 heterocycles. The molecule has 144 valence electrons. The van der Waals surface area contributed by atoms with Crippen molar-refractivity contribution in [2.75, 3.05) is 0 Å². The molecule has 0 bridgehead atoms. The summed E-state index contributed by atoms with van der Waals surface area (Å²) in [4.78, 5) is 24.4. The van der Waals surface area contributed by atoms with Gasteiger partial charge in [0.2, 0.25) is 0 Å². The Morgan fingerprint density at radius 2 is 1.88 bits per heavy atom. The zero-order valence-corrected chi connectivity index (χ0v) is 16.4. The van der Waals surface area contributed by atoms with Gasteiger partial charge in [0, 0.05) is 11.3 Å². The molecule has 7 atom stereocenters. The highest BCUT2D eigenvalue weighted by atomic mass is 16.5. The van der Waals surface area contributed by atoms with Crippen molar-refractivity contribution in [3.05, 3.63) is 11.6 Å². The van der Waals surface area contributed by atoms with Crippen LogP contribution in [0.1, 0.15) is 66.2 Å². The second-order valence-corrected chi connectivity index (χ2v) is 10.1. The van der Waals surface area contributed by atoms with Gasteiger partial charge in [-0.2, -0.15) is 0 Å². The van der Waals surface area contributed by atoms with Crippen LogP contribution in [-0.4, -0.2) is 27.6 Å². The third-order valence-corrected chi connectivity index (χ3v) is 8.96. The number of Topliss-reactive ketones (excluding diaryl/α,β-unsaturated/α-hetero) is 1. The molecule has 3 fully saturated rings. The van der Waals surface area contributed by atoms with E-state index in [1.54, 1.807) is 13.0 Å². The van der Waals surface area contributed by atoms with E-state index in [1.165, 1.54) is 0 Å². The molecule has 0 unspecified atom stereocenters. The van der Waals surface area contributed by atoms with Gasteiger partial charge < -0.3 is 10.2 Å². The minimum atomic E-state index is -1.96. The highest BCUT2D eigenvalue weighted by Crippen LogP contribution is 2.68. The standard InChI is InChI=1S/C22H32O4/c1-12-9-18-16-6-5-14-10-15(24)11-22(25,26)21(14,4)17(16)7-8-20(18,3)19(12)13(2)23/h10,12,16-19,25-26H,5-9,11H2,1-4H3/t12-,16+,17-,18-,19-,20-,21-/m0/s1. The van der Waals surface area contributed by atoms with Crippen LogP contribution in [0.4, 0.5) is 0 Å². The van der Waals surface area contributed by atoms with Crippen LogP contribution in [0.15, 0.2) is 11.6 Å². The van der Waals surface area contributed by atoms with Gasteiger partial charge in [0.05, 0.1) is 6.42 Å². The minimum Gasteiger partial charge on any atom is -0.365 e. The van der Waals surface area contributed by atoms with Gasteiger partial charge in [0.15, 0.2) is 11.6 Å². The van der Waals surface area contributed by atoms with E-state index in [2.05, 4.69) is 13.8 Å². The Balaban J connectivity index is 1.75. The summed E-state index contributed by atoms with van der Waals surface area (Å²) in [6.45, 7) is 8.21.